The molecule has 0 unspecified atom stereocenters. The van der Waals surface area contributed by atoms with Gasteiger partial charge in [-0.25, -0.2) is 0 Å². The molecule has 122 valence electrons. The monoisotopic (exact) mass is 314 g/mol. The molecule has 0 bridgehead atoms. The zero-order valence-electron chi connectivity index (χ0n) is 13.4. The van der Waals surface area contributed by atoms with Gasteiger partial charge in [0.1, 0.15) is 0 Å². The van der Waals surface area contributed by atoms with Crippen LogP contribution in [-0.4, -0.2) is 39.0 Å². The lowest BCUT2D eigenvalue weighted by Gasteiger charge is -2.31. The van der Waals surface area contributed by atoms with E-state index in [2.05, 4.69) is 15.1 Å². The predicted octanol–water partition coefficient (Wildman–Crippen LogP) is 2.50. The molecule has 3 heterocycles. The third-order valence-electron chi connectivity index (χ3n) is 4.23. The van der Waals surface area contributed by atoms with Crippen molar-refractivity contribution in [2.24, 2.45) is 0 Å². The van der Waals surface area contributed by atoms with Gasteiger partial charge in [0.05, 0.1) is 0 Å². The average molecular weight is 314 g/mol. The van der Waals surface area contributed by atoms with E-state index in [1.54, 1.807) is 13.1 Å². The van der Waals surface area contributed by atoms with Crippen molar-refractivity contribution in [3.05, 3.63) is 41.8 Å². The van der Waals surface area contributed by atoms with Gasteiger partial charge in [-0.05, 0) is 37.8 Å². The molecule has 1 fully saturated rings. The number of hydrogen-bond donors (Lipinski definition) is 0. The lowest BCUT2D eigenvalue weighted by Crippen LogP contribution is -2.39. The van der Waals surface area contributed by atoms with Crippen LogP contribution in [0.3, 0.4) is 0 Å². The minimum Gasteiger partial charge on any atom is -0.342 e. The maximum Gasteiger partial charge on any atom is 0.223 e. The van der Waals surface area contributed by atoms with Gasteiger partial charge in [0.25, 0.3) is 0 Å². The molecule has 0 aromatic carbocycles. The van der Waals surface area contributed by atoms with Gasteiger partial charge in [0, 0.05) is 44.2 Å². The van der Waals surface area contributed by atoms with E-state index in [1.165, 1.54) is 0 Å². The van der Waals surface area contributed by atoms with Crippen molar-refractivity contribution in [2.75, 3.05) is 13.1 Å². The van der Waals surface area contributed by atoms with Crippen LogP contribution in [0.5, 0.6) is 0 Å². The topological polar surface area (TPSA) is 72.1 Å². The highest BCUT2D eigenvalue weighted by Crippen LogP contribution is 2.25. The predicted molar refractivity (Wildman–Crippen MR) is 84.8 cm³/mol. The number of aromatic nitrogens is 3. The summed E-state index contributed by atoms with van der Waals surface area (Å²) in [6.45, 7) is 3.32. The molecular weight excluding hydrogens is 292 g/mol. The van der Waals surface area contributed by atoms with Crippen molar-refractivity contribution in [1.29, 1.82) is 0 Å². The van der Waals surface area contributed by atoms with E-state index in [0.29, 0.717) is 18.9 Å². The Morgan fingerprint density at radius 3 is 3.09 bits per heavy atom. The standard InChI is InChI=1S/C17H22N4O2/c1-13-19-17(20-23-13)14-6-5-11-21(12-14)16(22)9-4-8-15-7-2-3-10-18-15/h2-3,7,10,14H,4-6,8-9,11-12H2,1H3/t14-/m1/s1. The Hall–Kier alpha value is -2.24. The molecule has 23 heavy (non-hydrogen) atoms. The highest BCUT2D eigenvalue weighted by molar-refractivity contribution is 5.76. The van der Waals surface area contributed by atoms with Crippen molar-refractivity contribution in [1.82, 2.24) is 20.0 Å². The summed E-state index contributed by atoms with van der Waals surface area (Å²) in [7, 11) is 0. The normalized spacial score (nSPS) is 18.1. The zero-order chi connectivity index (χ0) is 16.1. The molecule has 0 radical (unpaired) electrons. The molecule has 0 saturated carbocycles. The van der Waals surface area contributed by atoms with Crippen LogP contribution in [0.4, 0.5) is 0 Å². The maximum atomic E-state index is 12.4. The molecule has 1 atom stereocenters. The van der Waals surface area contributed by atoms with Crippen LogP contribution >= 0.6 is 0 Å². The molecule has 6 heteroatoms. The first-order valence-corrected chi connectivity index (χ1v) is 8.20. The van der Waals surface area contributed by atoms with E-state index in [0.717, 1.165) is 43.7 Å². The minimum atomic E-state index is 0.195. The van der Waals surface area contributed by atoms with Crippen molar-refractivity contribution >= 4 is 5.91 Å². The first-order valence-electron chi connectivity index (χ1n) is 8.20. The SMILES string of the molecule is Cc1nc([C@@H]2CCCN(C(=O)CCCc3ccccn3)C2)no1. The Morgan fingerprint density at radius 2 is 2.35 bits per heavy atom. The molecule has 1 aliphatic rings. The highest BCUT2D eigenvalue weighted by Gasteiger charge is 2.27. The number of hydrogen-bond acceptors (Lipinski definition) is 5. The summed E-state index contributed by atoms with van der Waals surface area (Å²) in [5.41, 5.74) is 1.04. The number of pyridine rings is 1. The first-order chi connectivity index (χ1) is 11.2. The molecule has 1 saturated heterocycles. The van der Waals surface area contributed by atoms with Gasteiger partial charge < -0.3 is 9.42 Å². The second-order valence-electron chi connectivity index (χ2n) is 6.03. The van der Waals surface area contributed by atoms with Crippen LogP contribution in [-0.2, 0) is 11.2 Å². The van der Waals surface area contributed by atoms with Crippen LogP contribution in [0.1, 0.15) is 49.0 Å². The molecule has 3 rings (SSSR count). The Balaban J connectivity index is 1.49. The van der Waals surface area contributed by atoms with Crippen molar-refractivity contribution in [2.45, 2.75) is 44.9 Å². The van der Waals surface area contributed by atoms with Gasteiger partial charge in [-0.15, -0.1) is 0 Å². The van der Waals surface area contributed by atoms with Crippen LogP contribution in [0, 0.1) is 6.92 Å². The number of nitrogens with zero attached hydrogens (tertiary/aromatic N) is 4. The van der Waals surface area contributed by atoms with Crippen LogP contribution in [0.15, 0.2) is 28.9 Å². The number of piperidine rings is 1. The highest BCUT2D eigenvalue weighted by atomic mass is 16.5. The quantitative estimate of drug-likeness (QED) is 0.848. The van der Waals surface area contributed by atoms with Gasteiger partial charge in [-0.3, -0.25) is 9.78 Å². The number of carbonyl (C=O) groups excluding carboxylic acids is 1. The van der Waals surface area contributed by atoms with Gasteiger partial charge in [0.15, 0.2) is 5.82 Å². The lowest BCUT2D eigenvalue weighted by atomic mass is 9.97. The first kappa shape index (κ1) is 15.6. The summed E-state index contributed by atoms with van der Waals surface area (Å²) in [6, 6.07) is 5.88. The number of carbonyl (C=O) groups is 1. The summed E-state index contributed by atoms with van der Waals surface area (Å²) in [5, 5.41) is 4.00. The Labute approximate surface area is 135 Å². The van der Waals surface area contributed by atoms with E-state index in [1.807, 2.05) is 23.1 Å². The summed E-state index contributed by atoms with van der Waals surface area (Å²) in [6.07, 6.45) is 6.03. The van der Waals surface area contributed by atoms with Crippen molar-refractivity contribution in [3.63, 3.8) is 0 Å². The van der Waals surface area contributed by atoms with E-state index < -0.39 is 0 Å². The van der Waals surface area contributed by atoms with E-state index >= 15 is 0 Å². The summed E-state index contributed by atoms with van der Waals surface area (Å²) >= 11 is 0. The van der Waals surface area contributed by atoms with Gasteiger partial charge in [-0.1, -0.05) is 11.2 Å². The molecule has 0 N–H and O–H groups in total. The van der Waals surface area contributed by atoms with E-state index in [-0.39, 0.29) is 11.8 Å². The van der Waals surface area contributed by atoms with Crippen LogP contribution < -0.4 is 0 Å². The van der Waals surface area contributed by atoms with Crippen LogP contribution in [0.25, 0.3) is 0 Å². The molecule has 0 aliphatic carbocycles. The van der Waals surface area contributed by atoms with Crippen LogP contribution in [0.2, 0.25) is 0 Å². The second kappa shape index (κ2) is 7.35. The van der Waals surface area contributed by atoms with Gasteiger partial charge in [0.2, 0.25) is 11.8 Å². The lowest BCUT2D eigenvalue weighted by molar-refractivity contribution is -0.132. The third-order valence-corrected chi connectivity index (χ3v) is 4.23. The molecule has 6 nitrogen and oxygen atoms in total. The minimum absolute atomic E-state index is 0.195. The van der Waals surface area contributed by atoms with E-state index in [4.69, 9.17) is 4.52 Å². The third kappa shape index (κ3) is 4.15. The largest absolute Gasteiger partial charge is 0.342 e. The Morgan fingerprint density at radius 1 is 1.43 bits per heavy atom. The summed E-state index contributed by atoms with van der Waals surface area (Å²) in [4.78, 5) is 23.0. The Bertz CT molecular complexity index is 641. The summed E-state index contributed by atoms with van der Waals surface area (Å²) in [5.74, 6) is 1.72. The number of amides is 1. The molecule has 2 aromatic rings. The number of rotatable bonds is 5. The fourth-order valence-corrected chi connectivity index (χ4v) is 3.02. The van der Waals surface area contributed by atoms with Gasteiger partial charge in [-0.2, -0.15) is 4.98 Å². The molecule has 0 spiro atoms. The van der Waals surface area contributed by atoms with Gasteiger partial charge >= 0.3 is 0 Å². The fraction of sp³-hybridized carbons (Fsp3) is 0.529. The average Bonchev–Trinajstić information content (AvgIpc) is 3.02. The van der Waals surface area contributed by atoms with Crippen molar-refractivity contribution < 1.29 is 9.32 Å². The smallest absolute Gasteiger partial charge is 0.223 e. The number of aryl methyl sites for hydroxylation is 2. The Kier molecular flexibility index (Phi) is 5.00. The molecule has 1 aliphatic heterocycles. The number of likely N-dealkylation sites (tertiary alicyclic amines) is 1. The second-order valence-corrected chi connectivity index (χ2v) is 6.03. The molecule has 2 aromatic heterocycles. The maximum absolute atomic E-state index is 12.4. The molecular formula is C17H22N4O2. The van der Waals surface area contributed by atoms with E-state index in [9.17, 15) is 4.79 Å². The molecule has 1 amide bonds. The van der Waals surface area contributed by atoms with Crippen molar-refractivity contribution in [3.8, 4) is 0 Å². The summed E-state index contributed by atoms with van der Waals surface area (Å²) < 4.78 is 5.06. The zero-order valence-corrected chi connectivity index (χ0v) is 13.4. The fourth-order valence-electron chi connectivity index (χ4n) is 3.02.